The summed E-state index contributed by atoms with van der Waals surface area (Å²) in [4.78, 5) is 15.5. The molecule has 0 bridgehead atoms. The summed E-state index contributed by atoms with van der Waals surface area (Å²) < 4.78 is 5.40. The second-order valence-electron chi connectivity index (χ2n) is 5.08. The van der Waals surface area contributed by atoms with Gasteiger partial charge >= 0.3 is 0 Å². The molecular weight excluding hydrogens is 272 g/mol. The zero-order valence-corrected chi connectivity index (χ0v) is 13.1. The van der Waals surface area contributed by atoms with Gasteiger partial charge in [-0.25, -0.2) is 0 Å². The predicted molar refractivity (Wildman–Crippen MR) is 81.9 cm³/mol. The van der Waals surface area contributed by atoms with Gasteiger partial charge in [-0.05, 0) is 31.0 Å². The van der Waals surface area contributed by atoms with Gasteiger partial charge in [-0.1, -0.05) is 12.1 Å². The first-order chi connectivity index (χ1) is 9.65. The van der Waals surface area contributed by atoms with Crippen molar-refractivity contribution in [1.29, 1.82) is 0 Å². The minimum absolute atomic E-state index is 0.0736. The van der Waals surface area contributed by atoms with Crippen LogP contribution in [-0.4, -0.2) is 50.4 Å². The largest absolute Gasteiger partial charge is 0.379 e. The van der Waals surface area contributed by atoms with E-state index < -0.39 is 0 Å². The smallest absolute Gasteiger partial charge is 0.229 e. The molecule has 4 nitrogen and oxygen atoms in total. The number of nitrogens with zero attached hydrogens (tertiary/aromatic N) is 1. The van der Waals surface area contributed by atoms with E-state index in [9.17, 15) is 4.79 Å². The van der Waals surface area contributed by atoms with Crippen molar-refractivity contribution in [2.24, 2.45) is 5.92 Å². The van der Waals surface area contributed by atoms with Crippen molar-refractivity contribution in [3.05, 3.63) is 29.8 Å². The van der Waals surface area contributed by atoms with Crippen LogP contribution in [0.5, 0.6) is 0 Å². The van der Waals surface area contributed by atoms with Crippen molar-refractivity contribution in [3.8, 4) is 0 Å². The van der Waals surface area contributed by atoms with Crippen LogP contribution in [-0.2, 0) is 16.1 Å². The number of carbonyl (C=O) groups excluding carboxylic acids is 1. The van der Waals surface area contributed by atoms with Gasteiger partial charge in [-0.3, -0.25) is 4.79 Å². The topological polar surface area (TPSA) is 41.6 Å². The van der Waals surface area contributed by atoms with Crippen LogP contribution in [0.1, 0.15) is 5.56 Å². The second kappa shape index (κ2) is 7.11. The highest BCUT2D eigenvalue weighted by Crippen LogP contribution is 2.19. The number of hydrogen-bond acceptors (Lipinski definition) is 4. The zero-order chi connectivity index (χ0) is 14.5. The van der Waals surface area contributed by atoms with Crippen molar-refractivity contribution in [3.63, 3.8) is 0 Å². The van der Waals surface area contributed by atoms with E-state index in [1.54, 1.807) is 16.7 Å². The molecule has 0 radical (unpaired) electrons. The van der Waals surface area contributed by atoms with E-state index in [0.29, 0.717) is 19.8 Å². The van der Waals surface area contributed by atoms with E-state index in [2.05, 4.69) is 35.8 Å². The molecule has 2 rings (SSSR count). The van der Waals surface area contributed by atoms with Crippen molar-refractivity contribution < 1.29 is 9.53 Å². The highest BCUT2D eigenvalue weighted by Gasteiger charge is 2.34. The molecule has 2 atom stereocenters. The molecule has 1 fully saturated rings. The van der Waals surface area contributed by atoms with Gasteiger partial charge in [0, 0.05) is 24.5 Å². The SMILES string of the molecule is CNC1COCC1C(=O)N(C)Cc1ccc(SC)cc1. The molecule has 1 N–H and O–H groups in total. The number of rotatable bonds is 5. The van der Waals surface area contributed by atoms with Gasteiger partial charge in [0.15, 0.2) is 0 Å². The first kappa shape index (κ1) is 15.4. The van der Waals surface area contributed by atoms with Crippen LogP contribution < -0.4 is 5.32 Å². The van der Waals surface area contributed by atoms with Gasteiger partial charge in [0.25, 0.3) is 0 Å². The third kappa shape index (κ3) is 3.53. The van der Waals surface area contributed by atoms with Crippen LogP contribution in [0.25, 0.3) is 0 Å². The minimum Gasteiger partial charge on any atom is -0.379 e. The Kier molecular flexibility index (Phi) is 5.46. The van der Waals surface area contributed by atoms with Gasteiger partial charge in [-0.15, -0.1) is 11.8 Å². The molecule has 1 heterocycles. The van der Waals surface area contributed by atoms with Crippen molar-refractivity contribution >= 4 is 17.7 Å². The van der Waals surface area contributed by atoms with Crippen molar-refractivity contribution in [2.75, 3.05) is 33.6 Å². The van der Waals surface area contributed by atoms with Gasteiger partial charge in [0.05, 0.1) is 19.1 Å². The summed E-state index contributed by atoms with van der Waals surface area (Å²) in [5.74, 6) is 0.0752. The van der Waals surface area contributed by atoms with Gasteiger partial charge in [0.1, 0.15) is 0 Å². The number of hydrogen-bond donors (Lipinski definition) is 1. The molecule has 2 unspecified atom stereocenters. The fraction of sp³-hybridized carbons (Fsp3) is 0.533. The summed E-state index contributed by atoms with van der Waals surface area (Å²) >= 11 is 1.72. The number of carbonyl (C=O) groups is 1. The van der Waals surface area contributed by atoms with E-state index in [0.717, 1.165) is 5.56 Å². The molecule has 1 aromatic rings. The number of nitrogens with one attached hydrogen (secondary N) is 1. The molecule has 1 aromatic carbocycles. The molecule has 110 valence electrons. The molecule has 1 aliphatic heterocycles. The molecule has 1 saturated heterocycles. The van der Waals surface area contributed by atoms with Crippen molar-refractivity contribution in [2.45, 2.75) is 17.5 Å². The first-order valence-corrected chi connectivity index (χ1v) is 8.01. The van der Waals surface area contributed by atoms with E-state index in [1.807, 2.05) is 14.1 Å². The Balaban J connectivity index is 1.96. The molecule has 0 saturated carbocycles. The second-order valence-corrected chi connectivity index (χ2v) is 5.96. The molecule has 0 aromatic heterocycles. The summed E-state index contributed by atoms with van der Waals surface area (Å²) in [5.41, 5.74) is 1.15. The number of amides is 1. The summed E-state index contributed by atoms with van der Waals surface area (Å²) in [6.45, 7) is 1.77. The van der Waals surface area contributed by atoms with Crippen LogP contribution in [0, 0.1) is 5.92 Å². The summed E-state index contributed by atoms with van der Waals surface area (Å²) in [7, 11) is 3.73. The molecule has 0 aliphatic carbocycles. The average molecular weight is 294 g/mol. The quantitative estimate of drug-likeness (QED) is 0.838. The van der Waals surface area contributed by atoms with E-state index in [1.165, 1.54) is 4.90 Å². The van der Waals surface area contributed by atoms with Crippen LogP contribution in [0.2, 0.25) is 0 Å². The third-order valence-electron chi connectivity index (χ3n) is 3.72. The van der Waals surface area contributed by atoms with Gasteiger partial charge < -0.3 is 15.0 Å². The fourth-order valence-electron chi connectivity index (χ4n) is 2.45. The molecule has 0 spiro atoms. The first-order valence-electron chi connectivity index (χ1n) is 6.78. The predicted octanol–water partition coefficient (Wildman–Crippen LogP) is 1.60. The maximum atomic E-state index is 12.4. The monoisotopic (exact) mass is 294 g/mol. The van der Waals surface area contributed by atoms with Crippen LogP contribution >= 0.6 is 11.8 Å². The number of likely N-dealkylation sites (N-methyl/N-ethyl adjacent to an activating group) is 1. The van der Waals surface area contributed by atoms with Crippen LogP contribution in [0.4, 0.5) is 0 Å². The maximum Gasteiger partial charge on any atom is 0.229 e. The summed E-state index contributed by atoms with van der Waals surface area (Å²) in [5, 5.41) is 3.15. The number of thioether (sulfide) groups is 1. The maximum absolute atomic E-state index is 12.4. The Labute approximate surface area is 124 Å². The Morgan fingerprint density at radius 2 is 2.10 bits per heavy atom. The molecule has 1 aliphatic rings. The normalized spacial score (nSPS) is 21.9. The summed E-state index contributed by atoms with van der Waals surface area (Å²) in [6, 6.07) is 8.47. The Morgan fingerprint density at radius 1 is 1.40 bits per heavy atom. The standard InChI is InChI=1S/C15H22N2O2S/c1-16-14-10-19-9-13(14)15(18)17(2)8-11-4-6-12(20-3)7-5-11/h4-7,13-14,16H,8-10H2,1-3H3. The number of ether oxygens (including phenoxy) is 1. The van der Waals surface area contributed by atoms with Gasteiger partial charge in [-0.2, -0.15) is 0 Å². The summed E-state index contributed by atoms with van der Waals surface area (Å²) in [6.07, 6.45) is 2.06. The lowest BCUT2D eigenvalue weighted by Gasteiger charge is -2.23. The lowest BCUT2D eigenvalue weighted by molar-refractivity contribution is -0.135. The van der Waals surface area contributed by atoms with E-state index >= 15 is 0 Å². The lowest BCUT2D eigenvalue weighted by atomic mass is 10.0. The third-order valence-corrected chi connectivity index (χ3v) is 4.47. The lowest BCUT2D eigenvalue weighted by Crippen LogP contribution is -2.43. The van der Waals surface area contributed by atoms with E-state index in [-0.39, 0.29) is 17.9 Å². The van der Waals surface area contributed by atoms with Crippen molar-refractivity contribution in [1.82, 2.24) is 10.2 Å². The minimum atomic E-state index is -0.0736. The molecule has 20 heavy (non-hydrogen) atoms. The Bertz CT molecular complexity index is 450. The zero-order valence-electron chi connectivity index (χ0n) is 12.3. The Hall–Kier alpha value is -1.04. The van der Waals surface area contributed by atoms with Crippen LogP contribution in [0.15, 0.2) is 29.2 Å². The molecule has 5 heteroatoms. The highest BCUT2D eigenvalue weighted by molar-refractivity contribution is 7.98. The molecule has 1 amide bonds. The number of benzene rings is 1. The average Bonchev–Trinajstić information content (AvgIpc) is 2.95. The fourth-order valence-corrected chi connectivity index (χ4v) is 2.86. The molecular formula is C15H22N2O2S. The van der Waals surface area contributed by atoms with Gasteiger partial charge in [0.2, 0.25) is 5.91 Å². The Morgan fingerprint density at radius 3 is 2.70 bits per heavy atom. The highest BCUT2D eigenvalue weighted by atomic mass is 32.2. The van der Waals surface area contributed by atoms with Crippen LogP contribution in [0.3, 0.4) is 0 Å². The van der Waals surface area contributed by atoms with E-state index in [4.69, 9.17) is 4.74 Å².